The van der Waals surface area contributed by atoms with E-state index in [4.69, 9.17) is 4.74 Å². The molecule has 1 fully saturated rings. The lowest BCUT2D eigenvalue weighted by Gasteiger charge is -2.27. The molecule has 1 aromatic heterocycles. The Morgan fingerprint density at radius 1 is 1.15 bits per heavy atom. The number of morpholine rings is 1. The molecule has 1 aliphatic rings. The molecule has 12 heteroatoms. The number of nitro groups is 1. The number of rotatable bonds is 8. The van der Waals surface area contributed by atoms with Crippen LogP contribution in [0.25, 0.3) is 0 Å². The van der Waals surface area contributed by atoms with Gasteiger partial charge in [0.05, 0.1) is 29.6 Å². The van der Waals surface area contributed by atoms with E-state index in [1.54, 1.807) is 13.0 Å². The van der Waals surface area contributed by atoms with E-state index in [0.29, 0.717) is 49.0 Å². The van der Waals surface area contributed by atoms with Crippen LogP contribution in [-0.2, 0) is 9.53 Å². The Labute approximate surface area is 200 Å². The number of aromatic nitrogens is 3. The summed E-state index contributed by atoms with van der Waals surface area (Å²) in [6.07, 6.45) is 0. The molecule has 34 heavy (non-hydrogen) atoms. The first kappa shape index (κ1) is 23.4. The van der Waals surface area contributed by atoms with Gasteiger partial charge < -0.3 is 20.3 Å². The molecule has 11 nitrogen and oxygen atoms in total. The molecule has 0 saturated carbocycles. The van der Waals surface area contributed by atoms with Crippen LogP contribution in [0.15, 0.2) is 53.7 Å². The van der Waals surface area contributed by atoms with Crippen molar-refractivity contribution < 1.29 is 14.5 Å². The number of ether oxygens (including phenoxy) is 1. The van der Waals surface area contributed by atoms with Gasteiger partial charge in [-0.05, 0) is 24.6 Å². The van der Waals surface area contributed by atoms with Gasteiger partial charge in [-0.15, -0.1) is 0 Å². The summed E-state index contributed by atoms with van der Waals surface area (Å²) in [6, 6.07) is 13.9. The molecule has 2 heterocycles. The van der Waals surface area contributed by atoms with Crippen LogP contribution in [0.2, 0.25) is 0 Å². The number of carbonyl (C=O) groups excluding carboxylic acids is 1. The third-order valence-electron chi connectivity index (χ3n) is 4.97. The van der Waals surface area contributed by atoms with E-state index < -0.39 is 4.92 Å². The maximum Gasteiger partial charge on any atom is 0.271 e. The van der Waals surface area contributed by atoms with Gasteiger partial charge in [0.2, 0.25) is 17.8 Å². The first-order valence-electron chi connectivity index (χ1n) is 10.6. The van der Waals surface area contributed by atoms with Crippen molar-refractivity contribution in [3.05, 3.63) is 64.2 Å². The van der Waals surface area contributed by atoms with Crippen LogP contribution in [0.3, 0.4) is 0 Å². The summed E-state index contributed by atoms with van der Waals surface area (Å²) in [4.78, 5) is 38.7. The van der Waals surface area contributed by atoms with E-state index in [2.05, 4.69) is 25.6 Å². The number of non-ortho nitro benzene ring substituents is 1. The Balaban J connectivity index is 1.49. The quantitative estimate of drug-likeness (QED) is 0.280. The molecular weight excluding hydrogens is 458 g/mol. The highest BCUT2D eigenvalue weighted by Crippen LogP contribution is 2.24. The Morgan fingerprint density at radius 2 is 1.91 bits per heavy atom. The number of para-hydroxylation sites is 1. The third kappa shape index (κ3) is 6.17. The molecule has 2 N–H and O–H groups in total. The first-order chi connectivity index (χ1) is 16.5. The second-order valence-electron chi connectivity index (χ2n) is 7.43. The molecule has 0 bridgehead atoms. The molecule has 0 unspecified atom stereocenters. The fourth-order valence-electron chi connectivity index (χ4n) is 3.20. The van der Waals surface area contributed by atoms with E-state index >= 15 is 0 Å². The van der Waals surface area contributed by atoms with Crippen molar-refractivity contribution in [3.63, 3.8) is 0 Å². The molecule has 1 aliphatic heterocycles. The summed E-state index contributed by atoms with van der Waals surface area (Å²) >= 11 is 1.16. The molecule has 0 spiro atoms. The minimum Gasteiger partial charge on any atom is -0.378 e. The van der Waals surface area contributed by atoms with Crippen LogP contribution in [0, 0.1) is 17.0 Å². The summed E-state index contributed by atoms with van der Waals surface area (Å²) in [5, 5.41) is 17.3. The lowest BCUT2D eigenvalue weighted by atomic mass is 10.2. The van der Waals surface area contributed by atoms with Crippen molar-refractivity contribution in [2.24, 2.45) is 0 Å². The number of aryl methyl sites for hydroxylation is 1. The minimum absolute atomic E-state index is 0.0273. The number of carbonyl (C=O) groups is 1. The smallest absolute Gasteiger partial charge is 0.271 e. The minimum atomic E-state index is -0.497. The second-order valence-corrected chi connectivity index (χ2v) is 8.37. The van der Waals surface area contributed by atoms with E-state index in [-0.39, 0.29) is 17.3 Å². The molecule has 0 aliphatic carbocycles. The molecule has 1 amide bonds. The van der Waals surface area contributed by atoms with Crippen molar-refractivity contribution >= 4 is 46.6 Å². The number of anilines is 4. The van der Waals surface area contributed by atoms with E-state index in [9.17, 15) is 14.9 Å². The van der Waals surface area contributed by atoms with Crippen molar-refractivity contribution in [1.29, 1.82) is 0 Å². The standard InChI is InChI=1S/C22H23N7O4S/c1-15-7-8-17(29(31)32)13-18(15)24-19(30)14-34-22-26-20(23-16-5-3-2-4-6-16)25-21(27-22)28-9-11-33-12-10-28/h2-8,13H,9-12,14H2,1H3,(H,24,30)(H,23,25,26,27). The molecule has 0 radical (unpaired) electrons. The number of nitro benzene ring substituents is 1. The van der Waals surface area contributed by atoms with Gasteiger partial charge in [-0.1, -0.05) is 36.0 Å². The van der Waals surface area contributed by atoms with Gasteiger partial charge in [-0.2, -0.15) is 15.0 Å². The van der Waals surface area contributed by atoms with Crippen molar-refractivity contribution in [3.8, 4) is 0 Å². The fourth-order valence-corrected chi connectivity index (χ4v) is 3.83. The van der Waals surface area contributed by atoms with Gasteiger partial charge in [-0.3, -0.25) is 14.9 Å². The maximum absolute atomic E-state index is 12.6. The number of thioether (sulfide) groups is 1. The highest BCUT2D eigenvalue weighted by atomic mass is 32.2. The highest BCUT2D eigenvalue weighted by molar-refractivity contribution is 7.99. The average Bonchev–Trinajstić information content (AvgIpc) is 2.85. The summed E-state index contributed by atoms with van der Waals surface area (Å²) in [7, 11) is 0. The lowest BCUT2D eigenvalue weighted by Crippen LogP contribution is -2.37. The van der Waals surface area contributed by atoms with Crippen LogP contribution in [0.1, 0.15) is 5.56 Å². The summed E-state index contributed by atoms with van der Waals surface area (Å²) in [5.74, 6) is 0.591. The van der Waals surface area contributed by atoms with Gasteiger partial charge in [0.1, 0.15) is 0 Å². The molecule has 3 aromatic rings. The number of amides is 1. The molecule has 0 atom stereocenters. The van der Waals surface area contributed by atoms with Crippen LogP contribution >= 0.6 is 11.8 Å². The van der Waals surface area contributed by atoms with E-state index in [0.717, 1.165) is 23.0 Å². The van der Waals surface area contributed by atoms with Crippen molar-refractivity contribution in [2.45, 2.75) is 12.1 Å². The topological polar surface area (TPSA) is 135 Å². The van der Waals surface area contributed by atoms with Gasteiger partial charge in [0.15, 0.2) is 5.16 Å². The fraction of sp³-hybridized carbons (Fsp3) is 0.273. The number of nitrogens with one attached hydrogen (secondary N) is 2. The molecule has 2 aromatic carbocycles. The second kappa shape index (κ2) is 10.9. The van der Waals surface area contributed by atoms with Crippen molar-refractivity contribution in [2.75, 3.05) is 47.6 Å². The van der Waals surface area contributed by atoms with Gasteiger partial charge in [0.25, 0.3) is 5.69 Å². The molecule has 176 valence electrons. The monoisotopic (exact) mass is 481 g/mol. The van der Waals surface area contributed by atoms with Gasteiger partial charge >= 0.3 is 0 Å². The number of benzene rings is 2. The Kier molecular flexibility index (Phi) is 7.50. The van der Waals surface area contributed by atoms with Crippen LogP contribution in [0.5, 0.6) is 0 Å². The maximum atomic E-state index is 12.6. The SMILES string of the molecule is Cc1ccc([N+](=O)[O-])cc1NC(=O)CSc1nc(Nc2ccccc2)nc(N2CCOCC2)n1. The molecule has 1 saturated heterocycles. The Bertz CT molecular complexity index is 1170. The van der Waals surface area contributed by atoms with Crippen LogP contribution in [-0.4, -0.2) is 57.8 Å². The third-order valence-corrected chi connectivity index (χ3v) is 5.81. The number of hydrogen-bond donors (Lipinski definition) is 2. The first-order valence-corrected chi connectivity index (χ1v) is 11.5. The Morgan fingerprint density at radius 3 is 2.65 bits per heavy atom. The summed E-state index contributed by atoms with van der Waals surface area (Å²) in [5.41, 5.74) is 1.87. The van der Waals surface area contributed by atoms with Crippen LogP contribution < -0.4 is 15.5 Å². The zero-order chi connectivity index (χ0) is 23.9. The van der Waals surface area contributed by atoms with Crippen LogP contribution in [0.4, 0.5) is 29.0 Å². The predicted octanol–water partition coefficient (Wildman–Crippen LogP) is 3.40. The Hall–Kier alpha value is -3.77. The average molecular weight is 482 g/mol. The number of hydrogen-bond acceptors (Lipinski definition) is 10. The molecular formula is C22H23N7O4S. The zero-order valence-corrected chi connectivity index (χ0v) is 19.2. The van der Waals surface area contributed by atoms with Gasteiger partial charge in [-0.25, -0.2) is 0 Å². The summed E-state index contributed by atoms with van der Waals surface area (Å²) in [6.45, 7) is 4.26. The lowest BCUT2D eigenvalue weighted by molar-refractivity contribution is -0.384. The van der Waals surface area contributed by atoms with Gasteiger partial charge in [0, 0.05) is 30.9 Å². The zero-order valence-electron chi connectivity index (χ0n) is 18.4. The van der Waals surface area contributed by atoms with Crippen molar-refractivity contribution in [1.82, 2.24) is 15.0 Å². The highest BCUT2D eigenvalue weighted by Gasteiger charge is 2.18. The molecule has 4 rings (SSSR count). The van der Waals surface area contributed by atoms with E-state index in [1.807, 2.05) is 35.2 Å². The predicted molar refractivity (Wildman–Crippen MR) is 130 cm³/mol. The largest absolute Gasteiger partial charge is 0.378 e. The number of nitrogens with zero attached hydrogens (tertiary/aromatic N) is 5. The summed E-state index contributed by atoms with van der Waals surface area (Å²) < 4.78 is 5.42. The van der Waals surface area contributed by atoms with E-state index in [1.165, 1.54) is 12.1 Å². The normalized spacial score (nSPS) is 13.4.